The zero-order chi connectivity index (χ0) is 11.9. The molecule has 0 atom stereocenters. The molecule has 0 heterocycles. The highest BCUT2D eigenvalue weighted by Gasteiger charge is 2.42. The molecule has 0 bridgehead atoms. The van der Waals surface area contributed by atoms with Gasteiger partial charge in [0, 0.05) is 6.07 Å². The molecule has 15 heavy (non-hydrogen) atoms. The summed E-state index contributed by atoms with van der Waals surface area (Å²) in [5.74, 6) is -2.95. The van der Waals surface area contributed by atoms with Crippen LogP contribution in [0, 0.1) is 11.6 Å². The molecule has 0 aromatic heterocycles. The number of alkyl halides is 2. The second kappa shape index (κ2) is 3.46. The zero-order valence-electron chi connectivity index (χ0n) is 6.88. The molecule has 1 aromatic rings. The van der Waals surface area contributed by atoms with Gasteiger partial charge in [-0.25, -0.2) is 17.2 Å². The minimum absolute atomic E-state index is 0.0639. The average molecular weight is 243 g/mol. The van der Waals surface area contributed by atoms with Crippen molar-refractivity contribution in [3.05, 3.63) is 35.4 Å². The second-order valence-electron chi connectivity index (χ2n) is 2.60. The highest BCUT2D eigenvalue weighted by atomic mass is 32.2. The van der Waals surface area contributed by atoms with E-state index in [1.165, 1.54) is 0 Å². The van der Waals surface area contributed by atoms with Crippen LogP contribution in [0.4, 0.5) is 17.6 Å². The van der Waals surface area contributed by atoms with Gasteiger partial charge in [-0.1, -0.05) is 0 Å². The lowest BCUT2D eigenvalue weighted by Crippen LogP contribution is -2.27. The highest BCUT2D eigenvalue weighted by Crippen LogP contribution is 2.34. The number of benzene rings is 1. The quantitative estimate of drug-likeness (QED) is 0.585. The number of rotatable bonds is 2. The van der Waals surface area contributed by atoms with E-state index < -0.39 is 32.6 Å². The van der Waals surface area contributed by atoms with Gasteiger partial charge < -0.3 is 4.55 Å². The summed E-state index contributed by atoms with van der Waals surface area (Å²) in [7, 11) is -6.04. The van der Waals surface area contributed by atoms with Crippen molar-refractivity contribution in [3.63, 3.8) is 0 Å². The Hall–Kier alpha value is -1.15. The van der Waals surface area contributed by atoms with Gasteiger partial charge in [-0.2, -0.15) is 8.78 Å². The van der Waals surface area contributed by atoms with E-state index in [2.05, 4.69) is 0 Å². The number of hydrogen-bond acceptors (Lipinski definition) is 3. The van der Waals surface area contributed by atoms with Crippen molar-refractivity contribution in [1.82, 2.24) is 0 Å². The van der Waals surface area contributed by atoms with Crippen molar-refractivity contribution in [3.8, 4) is 0 Å². The third-order valence-electron chi connectivity index (χ3n) is 1.56. The predicted octanol–water partition coefficient (Wildman–Crippen LogP) is 1.56. The molecule has 8 heteroatoms. The largest absolute Gasteiger partial charge is 0.743 e. The van der Waals surface area contributed by atoms with E-state index in [0.29, 0.717) is 6.07 Å². The van der Waals surface area contributed by atoms with E-state index in [1.807, 2.05) is 0 Å². The van der Waals surface area contributed by atoms with Gasteiger partial charge in [0.25, 0.3) is 0 Å². The van der Waals surface area contributed by atoms with Gasteiger partial charge in [0.1, 0.15) is 11.6 Å². The summed E-state index contributed by atoms with van der Waals surface area (Å²) in [4.78, 5) is 0. The molecule has 3 nitrogen and oxygen atoms in total. The van der Waals surface area contributed by atoms with Crippen molar-refractivity contribution in [1.29, 1.82) is 0 Å². The molecule has 0 saturated carbocycles. The van der Waals surface area contributed by atoms with Gasteiger partial charge in [0.2, 0.25) is 0 Å². The summed E-state index contributed by atoms with van der Waals surface area (Å²) in [6.07, 6.45) is 0. The minimum atomic E-state index is -6.04. The van der Waals surface area contributed by atoms with Gasteiger partial charge in [-0.05, 0) is 12.1 Å². The lowest BCUT2D eigenvalue weighted by molar-refractivity contribution is 0.0734. The van der Waals surface area contributed by atoms with E-state index >= 15 is 0 Å². The Morgan fingerprint density at radius 1 is 1.20 bits per heavy atom. The maximum absolute atomic E-state index is 12.8. The van der Waals surface area contributed by atoms with E-state index in [4.69, 9.17) is 0 Å². The number of halogens is 4. The van der Waals surface area contributed by atoms with E-state index in [0.717, 1.165) is 0 Å². The van der Waals surface area contributed by atoms with Crippen LogP contribution in [0.3, 0.4) is 0 Å². The first kappa shape index (κ1) is 11.9. The molecule has 0 unspecified atom stereocenters. The Labute approximate surface area is 82.1 Å². The van der Waals surface area contributed by atoms with Crippen LogP contribution in [-0.2, 0) is 15.4 Å². The summed E-state index contributed by atoms with van der Waals surface area (Å²) < 4.78 is 81.0. The van der Waals surface area contributed by atoms with Crippen molar-refractivity contribution in [2.45, 2.75) is 5.25 Å². The van der Waals surface area contributed by atoms with Crippen LogP contribution >= 0.6 is 0 Å². The molecule has 0 aliphatic rings. The summed E-state index contributed by atoms with van der Waals surface area (Å²) in [5, 5.41) is -4.91. The van der Waals surface area contributed by atoms with E-state index in [-0.39, 0.29) is 12.1 Å². The molecule has 0 N–H and O–H groups in total. The van der Waals surface area contributed by atoms with Crippen LogP contribution in [0.1, 0.15) is 5.56 Å². The van der Waals surface area contributed by atoms with Gasteiger partial charge in [0.05, 0.1) is 5.56 Å². The minimum Gasteiger partial charge on any atom is -0.743 e. The Morgan fingerprint density at radius 2 is 1.73 bits per heavy atom. The predicted molar refractivity (Wildman–Crippen MR) is 39.9 cm³/mol. The molecule has 1 rings (SSSR count). The zero-order valence-corrected chi connectivity index (χ0v) is 7.69. The van der Waals surface area contributed by atoms with E-state index in [9.17, 15) is 30.5 Å². The molecule has 0 aliphatic carbocycles. The average Bonchev–Trinajstić information content (AvgIpc) is 2.00. The molecule has 0 amide bonds. The molecular formula is C7H3F4O3S-. The van der Waals surface area contributed by atoms with Crippen molar-refractivity contribution in [2.75, 3.05) is 0 Å². The monoisotopic (exact) mass is 243 g/mol. The molecule has 84 valence electrons. The maximum atomic E-state index is 12.8. The standard InChI is InChI=1S/C7H4F4O3S/c8-4-1-2-5(6(9)3-4)7(10,11)15(12,13)14/h1-3H,(H,12,13,14)/p-1. The summed E-state index contributed by atoms with van der Waals surface area (Å²) >= 11 is 0. The first-order chi connectivity index (χ1) is 6.66. The summed E-state index contributed by atoms with van der Waals surface area (Å²) in [5.41, 5.74) is -1.67. The Bertz CT molecular complexity index is 483. The second-order valence-corrected chi connectivity index (χ2v) is 4.02. The Morgan fingerprint density at radius 3 is 2.13 bits per heavy atom. The van der Waals surface area contributed by atoms with Crippen molar-refractivity contribution in [2.24, 2.45) is 0 Å². The van der Waals surface area contributed by atoms with Crippen LogP contribution in [0.25, 0.3) is 0 Å². The fraction of sp³-hybridized carbons (Fsp3) is 0.143. The third kappa shape index (κ3) is 2.10. The SMILES string of the molecule is O=S(=O)([O-])C(F)(F)c1ccc(F)cc1F. The first-order valence-corrected chi connectivity index (χ1v) is 4.86. The van der Waals surface area contributed by atoms with Crippen LogP contribution in [0.2, 0.25) is 0 Å². The maximum Gasteiger partial charge on any atom is 0.362 e. The van der Waals surface area contributed by atoms with Crippen molar-refractivity contribution < 1.29 is 30.5 Å². The first-order valence-electron chi connectivity index (χ1n) is 3.45. The van der Waals surface area contributed by atoms with Gasteiger partial charge in [-0.3, -0.25) is 0 Å². The lowest BCUT2D eigenvalue weighted by atomic mass is 10.2. The van der Waals surface area contributed by atoms with Gasteiger partial charge in [0.15, 0.2) is 10.1 Å². The molecule has 0 fully saturated rings. The van der Waals surface area contributed by atoms with Crippen LogP contribution in [-0.4, -0.2) is 13.0 Å². The summed E-state index contributed by atoms with van der Waals surface area (Å²) in [6.45, 7) is 0. The van der Waals surface area contributed by atoms with Crippen LogP contribution in [0.5, 0.6) is 0 Å². The number of hydrogen-bond donors (Lipinski definition) is 0. The molecule has 0 aliphatic heterocycles. The fourth-order valence-electron chi connectivity index (χ4n) is 0.860. The van der Waals surface area contributed by atoms with E-state index in [1.54, 1.807) is 0 Å². The molecular weight excluding hydrogens is 240 g/mol. The third-order valence-corrected chi connectivity index (χ3v) is 2.41. The Balaban J connectivity index is 3.41. The molecule has 0 radical (unpaired) electrons. The summed E-state index contributed by atoms with van der Waals surface area (Å²) in [6, 6.07) is 0.700. The fourth-order valence-corrected chi connectivity index (χ4v) is 1.30. The smallest absolute Gasteiger partial charge is 0.362 e. The van der Waals surface area contributed by atoms with Gasteiger partial charge >= 0.3 is 5.25 Å². The molecule has 1 aromatic carbocycles. The lowest BCUT2D eigenvalue weighted by Gasteiger charge is -2.20. The van der Waals surface area contributed by atoms with Crippen molar-refractivity contribution >= 4 is 10.1 Å². The highest BCUT2D eigenvalue weighted by molar-refractivity contribution is 7.86. The van der Waals surface area contributed by atoms with Gasteiger partial charge in [-0.15, -0.1) is 0 Å². The normalized spacial score (nSPS) is 12.9. The van der Waals surface area contributed by atoms with Crippen LogP contribution < -0.4 is 0 Å². The Kier molecular flexibility index (Phi) is 2.75. The molecule has 0 saturated heterocycles. The topological polar surface area (TPSA) is 57.2 Å². The molecule has 0 spiro atoms. The van der Waals surface area contributed by atoms with Crippen LogP contribution in [0.15, 0.2) is 18.2 Å².